The van der Waals surface area contributed by atoms with Gasteiger partial charge in [0.05, 0.1) is 25.4 Å². The van der Waals surface area contributed by atoms with Gasteiger partial charge >= 0.3 is 5.97 Å². The molecule has 0 aromatic heterocycles. The molecule has 1 aromatic carbocycles. The van der Waals surface area contributed by atoms with Crippen molar-refractivity contribution in [2.75, 3.05) is 33.0 Å². The van der Waals surface area contributed by atoms with E-state index in [2.05, 4.69) is 6.92 Å². The minimum absolute atomic E-state index is 0.122. The van der Waals surface area contributed by atoms with Gasteiger partial charge < -0.3 is 19.3 Å². The number of hydrogen-bond acceptors (Lipinski definition) is 5. The highest BCUT2D eigenvalue weighted by atomic mass is 16.6. The van der Waals surface area contributed by atoms with Crippen LogP contribution in [0.4, 0.5) is 0 Å². The van der Waals surface area contributed by atoms with Crippen molar-refractivity contribution in [3.8, 4) is 5.75 Å². The fraction of sp³-hybridized carbons (Fsp3) is 0.667. The van der Waals surface area contributed by atoms with E-state index in [0.717, 1.165) is 13.0 Å². The first kappa shape index (κ1) is 22.5. The van der Waals surface area contributed by atoms with E-state index in [1.807, 2.05) is 0 Å². The van der Waals surface area contributed by atoms with Gasteiger partial charge in [-0.25, -0.2) is 4.79 Å². The largest absolute Gasteiger partial charge is 0.508 e. The van der Waals surface area contributed by atoms with Gasteiger partial charge in [-0.15, -0.1) is 0 Å². The third-order valence-electron chi connectivity index (χ3n) is 4.08. The Bertz CT molecular complexity index is 458. The number of rotatable bonds is 16. The zero-order valence-corrected chi connectivity index (χ0v) is 16.1. The van der Waals surface area contributed by atoms with Crippen LogP contribution in [0.2, 0.25) is 0 Å². The topological polar surface area (TPSA) is 65.0 Å². The van der Waals surface area contributed by atoms with Crippen LogP contribution < -0.4 is 0 Å². The summed E-state index contributed by atoms with van der Waals surface area (Å²) in [6.45, 7) is 4.67. The number of esters is 1. The fourth-order valence-corrected chi connectivity index (χ4v) is 2.53. The van der Waals surface area contributed by atoms with E-state index in [9.17, 15) is 9.90 Å². The Labute approximate surface area is 157 Å². The number of phenols is 1. The molecule has 0 saturated heterocycles. The lowest BCUT2D eigenvalue weighted by Crippen LogP contribution is -2.13. The minimum Gasteiger partial charge on any atom is -0.508 e. The lowest BCUT2D eigenvalue weighted by molar-refractivity contribution is 0.0141. The summed E-state index contributed by atoms with van der Waals surface area (Å²) in [4.78, 5) is 11.7. The first-order valence-corrected chi connectivity index (χ1v) is 9.85. The second-order valence-electron chi connectivity index (χ2n) is 6.38. The van der Waals surface area contributed by atoms with Crippen molar-refractivity contribution in [2.24, 2.45) is 0 Å². The molecule has 5 nitrogen and oxygen atoms in total. The van der Waals surface area contributed by atoms with E-state index >= 15 is 0 Å². The summed E-state index contributed by atoms with van der Waals surface area (Å²) >= 11 is 0. The molecule has 0 aliphatic rings. The summed E-state index contributed by atoms with van der Waals surface area (Å²) < 4.78 is 16.0. The molecule has 1 aromatic rings. The van der Waals surface area contributed by atoms with Crippen molar-refractivity contribution in [3.63, 3.8) is 0 Å². The number of hydrogen-bond donors (Lipinski definition) is 1. The Hall–Kier alpha value is -1.59. The molecule has 0 bridgehead atoms. The summed E-state index contributed by atoms with van der Waals surface area (Å²) in [6.07, 6.45) is 10.4. The minimum atomic E-state index is -0.417. The maximum absolute atomic E-state index is 11.7. The molecular formula is C21H34O5. The van der Waals surface area contributed by atoms with Crippen molar-refractivity contribution >= 4 is 5.97 Å². The maximum Gasteiger partial charge on any atom is 0.338 e. The Morgan fingerprint density at radius 3 is 1.96 bits per heavy atom. The average molecular weight is 366 g/mol. The van der Waals surface area contributed by atoms with E-state index in [1.54, 1.807) is 0 Å². The van der Waals surface area contributed by atoms with Crippen LogP contribution in [-0.4, -0.2) is 44.1 Å². The monoisotopic (exact) mass is 366 g/mol. The number of carbonyl (C=O) groups is 1. The van der Waals surface area contributed by atoms with Crippen LogP contribution in [0.3, 0.4) is 0 Å². The molecule has 26 heavy (non-hydrogen) atoms. The number of benzene rings is 1. The summed E-state index contributed by atoms with van der Waals surface area (Å²) in [5.74, 6) is -0.295. The van der Waals surface area contributed by atoms with Gasteiger partial charge in [-0.1, -0.05) is 51.9 Å². The molecule has 0 saturated carbocycles. The molecular weight excluding hydrogens is 332 g/mol. The van der Waals surface area contributed by atoms with Gasteiger partial charge in [-0.05, 0) is 30.7 Å². The molecule has 0 fully saturated rings. The molecule has 0 radical (unpaired) electrons. The summed E-state index contributed by atoms with van der Waals surface area (Å²) in [7, 11) is 0. The molecule has 0 amide bonds. The van der Waals surface area contributed by atoms with Crippen molar-refractivity contribution in [3.05, 3.63) is 29.8 Å². The van der Waals surface area contributed by atoms with Gasteiger partial charge in [0, 0.05) is 6.61 Å². The Balaban J connectivity index is 1.82. The third kappa shape index (κ3) is 11.9. The van der Waals surface area contributed by atoms with Crippen molar-refractivity contribution in [1.82, 2.24) is 0 Å². The van der Waals surface area contributed by atoms with Gasteiger partial charge in [-0.3, -0.25) is 0 Å². The molecule has 1 N–H and O–H groups in total. The molecule has 0 heterocycles. The summed E-state index contributed by atoms with van der Waals surface area (Å²) in [5, 5.41) is 9.17. The number of carbonyl (C=O) groups excluding carboxylic acids is 1. The highest BCUT2D eigenvalue weighted by molar-refractivity contribution is 5.89. The molecule has 1 rings (SSSR count). The van der Waals surface area contributed by atoms with Gasteiger partial charge in [0.2, 0.25) is 0 Å². The quantitative estimate of drug-likeness (QED) is 0.339. The summed E-state index contributed by atoms with van der Waals surface area (Å²) in [6, 6.07) is 5.96. The second-order valence-corrected chi connectivity index (χ2v) is 6.38. The van der Waals surface area contributed by atoms with Crippen molar-refractivity contribution < 1.29 is 24.1 Å². The molecule has 0 aliphatic heterocycles. The summed E-state index contributed by atoms with van der Waals surface area (Å²) in [5.41, 5.74) is 0.413. The van der Waals surface area contributed by atoms with Gasteiger partial charge in [0.15, 0.2) is 0 Å². The Kier molecular flexibility index (Phi) is 13.5. The van der Waals surface area contributed by atoms with Crippen LogP contribution >= 0.6 is 0 Å². The molecule has 0 aliphatic carbocycles. The van der Waals surface area contributed by atoms with Crippen LogP contribution in [0.5, 0.6) is 5.75 Å². The average Bonchev–Trinajstić information content (AvgIpc) is 2.65. The number of aromatic hydroxyl groups is 1. The SMILES string of the molecule is CCCCCCCCCCOCCOCCOC(=O)c1ccc(O)cc1. The molecule has 0 unspecified atom stereocenters. The standard InChI is InChI=1S/C21H34O5/c1-2-3-4-5-6-7-8-9-14-24-15-16-25-17-18-26-21(23)19-10-12-20(22)13-11-19/h10-13,22H,2-9,14-18H2,1H3. The predicted octanol–water partition coefficient (Wildman–Crippen LogP) is 4.72. The van der Waals surface area contributed by atoms with Gasteiger partial charge in [-0.2, -0.15) is 0 Å². The van der Waals surface area contributed by atoms with Crippen molar-refractivity contribution in [1.29, 1.82) is 0 Å². The molecule has 0 spiro atoms. The van der Waals surface area contributed by atoms with Crippen LogP contribution in [0.25, 0.3) is 0 Å². The number of ether oxygens (including phenoxy) is 3. The molecule has 0 atom stereocenters. The Morgan fingerprint density at radius 1 is 0.769 bits per heavy atom. The highest BCUT2D eigenvalue weighted by Crippen LogP contribution is 2.10. The lowest BCUT2D eigenvalue weighted by Gasteiger charge is -2.07. The Morgan fingerprint density at radius 2 is 1.31 bits per heavy atom. The van der Waals surface area contributed by atoms with E-state index < -0.39 is 5.97 Å². The molecule has 5 heteroatoms. The number of phenolic OH excluding ortho intramolecular Hbond substituents is 1. The highest BCUT2D eigenvalue weighted by Gasteiger charge is 2.06. The zero-order chi connectivity index (χ0) is 18.9. The zero-order valence-electron chi connectivity index (χ0n) is 16.1. The third-order valence-corrected chi connectivity index (χ3v) is 4.08. The maximum atomic E-state index is 11.7. The fourth-order valence-electron chi connectivity index (χ4n) is 2.53. The normalized spacial score (nSPS) is 10.8. The van der Waals surface area contributed by atoms with Crippen LogP contribution in [0.1, 0.15) is 68.6 Å². The first-order valence-electron chi connectivity index (χ1n) is 9.85. The smallest absolute Gasteiger partial charge is 0.338 e. The van der Waals surface area contributed by atoms with E-state index in [1.165, 1.54) is 69.2 Å². The first-order chi connectivity index (χ1) is 12.7. The van der Waals surface area contributed by atoms with E-state index in [0.29, 0.717) is 25.4 Å². The van der Waals surface area contributed by atoms with Crippen LogP contribution in [0, 0.1) is 0 Å². The lowest BCUT2D eigenvalue weighted by atomic mass is 10.1. The van der Waals surface area contributed by atoms with E-state index in [4.69, 9.17) is 14.2 Å². The van der Waals surface area contributed by atoms with Crippen LogP contribution in [0.15, 0.2) is 24.3 Å². The van der Waals surface area contributed by atoms with E-state index in [-0.39, 0.29) is 12.4 Å². The predicted molar refractivity (Wildman–Crippen MR) is 103 cm³/mol. The van der Waals surface area contributed by atoms with Gasteiger partial charge in [0.1, 0.15) is 12.4 Å². The second kappa shape index (κ2) is 15.6. The van der Waals surface area contributed by atoms with Crippen LogP contribution in [-0.2, 0) is 14.2 Å². The molecule has 148 valence electrons. The van der Waals surface area contributed by atoms with Gasteiger partial charge in [0.25, 0.3) is 0 Å². The van der Waals surface area contributed by atoms with Crippen molar-refractivity contribution in [2.45, 2.75) is 58.3 Å². The number of unbranched alkanes of at least 4 members (excludes halogenated alkanes) is 7.